The van der Waals surface area contributed by atoms with Crippen molar-refractivity contribution in [2.45, 2.75) is 26.9 Å². The first kappa shape index (κ1) is 18.6. The number of nitro benzene ring substituents is 1. The Labute approximate surface area is 158 Å². The van der Waals surface area contributed by atoms with Gasteiger partial charge in [-0.05, 0) is 31.5 Å². The van der Waals surface area contributed by atoms with Gasteiger partial charge in [0.15, 0.2) is 5.75 Å². The Hall–Kier alpha value is -3.14. The molecular formula is C17H17N3O6S. The zero-order valence-electron chi connectivity index (χ0n) is 15.0. The zero-order chi connectivity index (χ0) is 19.9. The van der Waals surface area contributed by atoms with Gasteiger partial charge in [-0.2, -0.15) is 0 Å². The third-order valence-electron chi connectivity index (χ3n) is 4.24. The van der Waals surface area contributed by atoms with Crippen molar-refractivity contribution in [3.05, 3.63) is 43.8 Å². The monoisotopic (exact) mass is 391 g/mol. The summed E-state index contributed by atoms with van der Waals surface area (Å²) in [5.41, 5.74) is 1.22. The zero-order valence-corrected chi connectivity index (χ0v) is 15.9. The predicted octanol–water partition coefficient (Wildman–Crippen LogP) is 3.06. The summed E-state index contributed by atoms with van der Waals surface area (Å²) < 4.78 is 10.1. The number of ether oxygens (including phenoxy) is 2. The van der Waals surface area contributed by atoms with Crippen LogP contribution in [0, 0.1) is 24.0 Å². The van der Waals surface area contributed by atoms with Crippen molar-refractivity contribution in [3.63, 3.8) is 0 Å². The van der Waals surface area contributed by atoms with Crippen LogP contribution < -0.4 is 20.1 Å². The molecular weight excluding hydrogens is 374 g/mol. The molecule has 9 nitrogen and oxygen atoms in total. The molecule has 0 aliphatic carbocycles. The molecule has 27 heavy (non-hydrogen) atoms. The number of benzene rings is 1. The summed E-state index contributed by atoms with van der Waals surface area (Å²) in [4.78, 5) is 35.9. The second-order valence-corrected chi connectivity index (χ2v) is 7.15. The van der Waals surface area contributed by atoms with Crippen molar-refractivity contribution in [1.29, 1.82) is 0 Å². The van der Waals surface area contributed by atoms with Crippen molar-refractivity contribution in [2.24, 2.45) is 0 Å². The minimum atomic E-state index is -0.830. The largest absolute Gasteiger partial charge is 0.488 e. The number of hydrogen-bond acceptors (Lipinski definition) is 8. The van der Waals surface area contributed by atoms with Crippen LogP contribution >= 0.6 is 11.3 Å². The molecule has 10 heteroatoms. The molecule has 0 saturated carbocycles. The van der Waals surface area contributed by atoms with Crippen LogP contribution in [0.1, 0.15) is 39.5 Å². The Balaban J connectivity index is 2.10. The molecule has 0 unspecified atom stereocenters. The molecule has 3 rings (SSSR count). The number of carbonyl (C=O) groups is 2. The lowest BCUT2D eigenvalue weighted by Crippen LogP contribution is -2.38. The summed E-state index contributed by atoms with van der Waals surface area (Å²) in [6.45, 7) is 4.94. The van der Waals surface area contributed by atoms with Crippen LogP contribution in [0.15, 0.2) is 12.1 Å². The van der Waals surface area contributed by atoms with Crippen molar-refractivity contribution in [2.75, 3.05) is 12.4 Å². The van der Waals surface area contributed by atoms with Gasteiger partial charge in [-0.3, -0.25) is 19.7 Å². The van der Waals surface area contributed by atoms with E-state index < -0.39 is 17.1 Å². The highest BCUT2D eigenvalue weighted by molar-refractivity contribution is 7.16. The van der Waals surface area contributed by atoms with Gasteiger partial charge in [0.1, 0.15) is 11.2 Å². The minimum Gasteiger partial charge on any atom is -0.488 e. The van der Waals surface area contributed by atoms with Crippen LogP contribution in [0.2, 0.25) is 0 Å². The Kier molecular flexibility index (Phi) is 4.75. The highest BCUT2D eigenvalue weighted by Gasteiger charge is 2.35. The maximum absolute atomic E-state index is 12.5. The lowest BCUT2D eigenvalue weighted by molar-refractivity contribution is -0.386. The van der Waals surface area contributed by atoms with Gasteiger partial charge in [-0.25, -0.2) is 0 Å². The van der Waals surface area contributed by atoms with E-state index in [1.54, 1.807) is 0 Å². The number of hydrogen-bond donors (Lipinski definition) is 2. The topological polar surface area (TPSA) is 120 Å². The fraction of sp³-hybridized carbons (Fsp3) is 0.294. The number of fused-ring (bicyclic) bond motifs is 1. The van der Waals surface area contributed by atoms with Crippen LogP contribution in [0.3, 0.4) is 0 Å². The number of nitrogens with one attached hydrogen (secondary N) is 2. The van der Waals surface area contributed by atoms with E-state index in [4.69, 9.17) is 9.47 Å². The minimum absolute atomic E-state index is 0.0638. The maximum Gasteiger partial charge on any atom is 0.322 e. The Morgan fingerprint density at radius 1 is 1.30 bits per heavy atom. The number of aryl methyl sites for hydroxylation is 1. The SMILES string of the molecule is COc1c(OC(C)=O)ccc([C@@H]2NC(=O)c3c(sc(C)c3C)N2)c1[N+](=O)[O-]. The molecule has 0 fully saturated rings. The van der Waals surface area contributed by atoms with E-state index in [9.17, 15) is 19.7 Å². The van der Waals surface area contributed by atoms with Crippen molar-refractivity contribution >= 4 is 33.9 Å². The van der Waals surface area contributed by atoms with Gasteiger partial charge >= 0.3 is 11.7 Å². The predicted molar refractivity (Wildman–Crippen MR) is 98.6 cm³/mol. The lowest BCUT2D eigenvalue weighted by atomic mass is 10.0. The highest BCUT2D eigenvalue weighted by atomic mass is 32.1. The van der Waals surface area contributed by atoms with E-state index in [0.29, 0.717) is 10.6 Å². The van der Waals surface area contributed by atoms with Gasteiger partial charge in [0.2, 0.25) is 5.75 Å². The molecule has 1 aromatic heterocycles. The molecule has 2 N–H and O–H groups in total. The molecule has 1 aliphatic rings. The fourth-order valence-electron chi connectivity index (χ4n) is 2.95. The molecule has 142 valence electrons. The van der Waals surface area contributed by atoms with Crippen LogP contribution in [0.5, 0.6) is 11.5 Å². The van der Waals surface area contributed by atoms with Crippen LogP contribution in [0.25, 0.3) is 0 Å². The van der Waals surface area contributed by atoms with E-state index in [1.807, 2.05) is 13.8 Å². The van der Waals surface area contributed by atoms with Crippen molar-refractivity contribution < 1.29 is 24.0 Å². The standard InChI is InChI=1S/C17H17N3O6S/c1-7-8(2)27-17-12(7)16(22)18-15(19-17)10-5-6-11(26-9(3)21)14(25-4)13(10)20(23)24/h5-6,15,19H,1-4H3,(H,18,22)/t15-/m1/s1. The number of nitro groups is 1. The maximum atomic E-state index is 12.5. The lowest BCUT2D eigenvalue weighted by Gasteiger charge is -2.26. The van der Waals surface area contributed by atoms with Gasteiger partial charge in [-0.1, -0.05) is 0 Å². The Morgan fingerprint density at radius 3 is 2.59 bits per heavy atom. The van der Waals surface area contributed by atoms with Gasteiger partial charge in [0.05, 0.1) is 23.2 Å². The van der Waals surface area contributed by atoms with Gasteiger partial charge in [-0.15, -0.1) is 11.3 Å². The molecule has 0 radical (unpaired) electrons. The van der Waals surface area contributed by atoms with E-state index in [2.05, 4.69) is 10.6 Å². The van der Waals surface area contributed by atoms with Crippen LogP contribution in [-0.2, 0) is 4.79 Å². The number of esters is 1. The summed E-state index contributed by atoms with van der Waals surface area (Å²) in [5.74, 6) is -1.19. The second-order valence-electron chi connectivity index (χ2n) is 5.92. The molecule has 1 aliphatic heterocycles. The smallest absolute Gasteiger partial charge is 0.322 e. The van der Waals surface area contributed by atoms with Gasteiger partial charge < -0.3 is 20.1 Å². The summed E-state index contributed by atoms with van der Waals surface area (Å²) >= 11 is 1.41. The average Bonchev–Trinajstić information content (AvgIpc) is 2.88. The highest BCUT2D eigenvalue weighted by Crippen LogP contribution is 2.44. The number of rotatable bonds is 4. The van der Waals surface area contributed by atoms with E-state index >= 15 is 0 Å². The van der Waals surface area contributed by atoms with Gasteiger partial charge in [0, 0.05) is 11.8 Å². The Bertz CT molecular complexity index is 968. The third kappa shape index (κ3) is 3.19. The van der Waals surface area contributed by atoms with Gasteiger partial charge in [0.25, 0.3) is 5.91 Å². The first-order valence-electron chi connectivity index (χ1n) is 7.95. The second kappa shape index (κ2) is 6.88. The molecule has 1 aromatic carbocycles. The molecule has 2 heterocycles. The molecule has 2 aromatic rings. The third-order valence-corrected chi connectivity index (χ3v) is 5.38. The summed E-state index contributed by atoms with van der Waals surface area (Å²) in [5, 5.41) is 18.2. The summed E-state index contributed by atoms with van der Waals surface area (Å²) in [6.07, 6.45) is -0.830. The fourth-order valence-corrected chi connectivity index (χ4v) is 4.04. The van der Waals surface area contributed by atoms with E-state index in [-0.39, 0.29) is 28.7 Å². The average molecular weight is 391 g/mol. The molecule has 1 amide bonds. The number of thiophene rings is 1. The van der Waals surface area contributed by atoms with E-state index in [0.717, 1.165) is 10.4 Å². The number of methoxy groups -OCH3 is 1. The van der Waals surface area contributed by atoms with Crippen molar-refractivity contribution in [1.82, 2.24) is 5.32 Å². The van der Waals surface area contributed by atoms with E-state index in [1.165, 1.54) is 37.5 Å². The summed E-state index contributed by atoms with van der Waals surface area (Å²) in [6, 6.07) is 2.83. The molecule has 1 atom stereocenters. The van der Waals surface area contributed by atoms with Crippen molar-refractivity contribution in [3.8, 4) is 11.5 Å². The Morgan fingerprint density at radius 2 is 2.00 bits per heavy atom. The normalized spacial score (nSPS) is 15.4. The molecule has 0 bridgehead atoms. The number of anilines is 1. The molecule has 0 spiro atoms. The summed E-state index contributed by atoms with van der Waals surface area (Å²) in [7, 11) is 1.25. The first-order valence-corrected chi connectivity index (χ1v) is 8.77. The molecule has 0 saturated heterocycles. The first-order chi connectivity index (χ1) is 12.7. The number of carbonyl (C=O) groups excluding carboxylic acids is 2. The quantitative estimate of drug-likeness (QED) is 0.356. The number of amides is 1. The number of nitrogens with zero attached hydrogens (tertiary/aromatic N) is 1. The van der Waals surface area contributed by atoms with Crippen LogP contribution in [0.4, 0.5) is 10.7 Å². The van der Waals surface area contributed by atoms with Crippen LogP contribution in [-0.4, -0.2) is 23.9 Å².